The maximum absolute atomic E-state index is 5.75. The zero-order chi connectivity index (χ0) is 14.0. The van der Waals surface area contributed by atoms with Crippen LogP contribution in [0, 0.1) is 0 Å². The third-order valence-electron chi connectivity index (χ3n) is 3.25. The van der Waals surface area contributed by atoms with Gasteiger partial charge in [0.15, 0.2) is 0 Å². The molecule has 1 saturated heterocycles. The molecule has 0 aromatic carbocycles. The molecule has 5 heteroatoms. The summed E-state index contributed by atoms with van der Waals surface area (Å²) in [5, 5.41) is 3.11. The molecule has 2 heterocycles. The molecule has 0 unspecified atom stereocenters. The highest BCUT2D eigenvalue weighted by Crippen LogP contribution is 2.24. The summed E-state index contributed by atoms with van der Waals surface area (Å²) in [7, 11) is 1.89. The van der Waals surface area contributed by atoms with Gasteiger partial charge in [0.05, 0.1) is 12.2 Å². The van der Waals surface area contributed by atoms with E-state index in [0.29, 0.717) is 5.92 Å². The predicted octanol–water partition coefficient (Wildman–Crippen LogP) is 2.26. The van der Waals surface area contributed by atoms with Crippen molar-refractivity contribution in [3.8, 4) is 0 Å². The van der Waals surface area contributed by atoms with Crippen molar-refractivity contribution < 1.29 is 4.74 Å². The summed E-state index contributed by atoms with van der Waals surface area (Å²) in [4.78, 5) is 11.5. The van der Waals surface area contributed by atoms with Crippen LogP contribution in [0.1, 0.15) is 39.4 Å². The van der Waals surface area contributed by atoms with Crippen LogP contribution >= 0.6 is 0 Å². The first-order valence-electron chi connectivity index (χ1n) is 6.87. The molecule has 5 nitrogen and oxygen atoms in total. The second-order valence-corrected chi connectivity index (χ2v) is 5.90. The van der Waals surface area contributed by atoms with Crippen molar-refractivity contribution in [1.82, 2.24) is 9.97 Å². The van der Waals surface area contributed by atoms with Crippen LogP contribution in [0.2, 0.25) is 0 Å². The monoisotopic (exact) mass is 264 g/mol. The van der Waals surface area contributed by atoms with Crippen LogP contribution in [-0.4, -0.2) is 42.3 Å². The Labute approximate surface area is 115 Å². The minimum Gasteiger partial charge on any atom is -0.373 e. The highest BCUT2D eigenvalue weighted by molar-refractivity contribution is 5.50. The van der Waals surface area contributed by atoms with Crippen molar-refractivity contribution in [1.29, 1.82) is 0 Å². The van der Waals surface area contributed by atoms with Crippen molar-refractivity contribution >= 4 is 11.6 Å². The van der Waals surface area contributed by atoms with E-state index in [1.807, 2.05) is 13.1 Å². The summed E-state index contributed by atoms with van der Waals surface area (Å²) < 4.78 is 5.75. The summed E-state index contributed by atoms with van der Waals surface area (Å²) >= 11 is 0. The summed E-state index contributed by atoms with van der Waals surface area (Å²) in [6, 6.07) is 2.01. The molecule has 1 N–H and O–H groups in total. The number of rotatable bonds is 3. The molecule has 0 radical (unpaired) electrons. The molecule has 1 aliphatic rings. The number of nitrogens with zero attached hydrogens (tertiary/aromatic N) is 3. The maximum Gasteiger partial charge on any atom is 0.135 e. The summed E-state index contributed by atoms with van der Waals surface area (Å²) in [6.45, 7) is 10.9. The predicted molar refractivity (Wildman–Crippen MR) is 77.9 cm³/mol. The van der Waals surface area contributed by atoms with Gasteiger partial charge in [-0.15, -0.1) is 0 Å². The number of hydrogen-bond acceptors (Lipinski definition) is 5. The molecule has 0 saturated carbocycles. The first-order valence-corrected chi connectivity index (χ1v) is 6.87. The van der Waals surface area contributed by atoms with Crippen LogP contribution in [0.5, 0.6) is 0 Å². The average Bonchev–Trinajstić information content (AvgIpc) is 2.37. The van der Waals surface area contributed by atoms with Crippen molar-refractivity contribution in [2.24, 2.45) is 0 Å². The van der Waals surface area contributed by atoms with Crippen LogP contribution in [-0.2, 0) is 4.74 Å². The van der Waals surface area contributed by atoms with E-state index >= 15 is 0 Å². The van der Waals surface area contributed by atoms with Crippen molar-refractivity contribution in [3.63, 3.8) is 0 Å². The Morgan fingerprint density at radius 3 is 2.68 bits per heavy atom. The van der Waals surface area contributed by atoms with Crippen molar-refractivity contribution in [3.05, 3.63) is 11.9 Å². The summed E-state index contributed by atoms with van der Waals surface area (Å²) in [5.74, 6) is 3.06. The molecule has 2 rings (SSSR count). The number of hydrogen-bond donors (Lipinski definition) is 1. The first kappa shape index (κ1) is 14.1. The molecule has 106 valence electrons. The number of anilines is 2. The lowest BCUT2D eigenvalue weighted by Gasteiger charge is -2.39. The fraction of sp³-hybridized carbons (Fsp3) is 0.714. The number of ether oxygens (including phenoxy) is 1. The largest absolute Gasteiger partial charge is 0.373 e. The van der Waals surface area contributed by atoms with Crippen LogP contribution in [0.4, 0.5) is 11.6 Å². The highest BCUT2D eigenvalue weighted by atomic mass is 16.5. The van der Waals surface area contributed by atoms with E-state index in [1.165, 1.54) is 0 Å². The number of aromatic nitrogens is 2. The molecule has 1 aromatic heterocycles. The van der Waals surface area contributed by atoms with E-state index < -0.39 is 0 Å². The Balaban J connectivity index is 2.30. The normalized spacial score (nSPS) is 18.7. The van der Waals surface area contributed by atoms with Gasteiger partial charge in [-0.2, -0.15) is 0 Å². The Morgan fingerprint density at radius 1 is 1.37 bits per heavy atom. The van der Waals surface area contributed by atoms with E-state index in [9.17, 15) is 0 Å². The zero-order valence-corrected chi connectivity index (χ0v) is 12.5. The molecular weight excluding hydrogens is 240 g/mol. The Hall–Kier alpha value is -1.36. The zero-order valence-electron chi connectivity index (χ0n) is 12.5. The molecule has 1 aliphatic heterocycles. The van der Waals surface area contributed by atoms with Crippen LogP contribution in [0.25, 0.3) is 0 Å². The maximum atomic E-state index is 5.75. The van der Waals surface area contributed by atoms with Gasteiger partial charge < -0.3 is 15.0 Å². The lowest BCUT2D eigenvalue weighted by Crippen LogP contribution is -2.48. The van der Waals surface area contributed by atoms with E-state index in [2.05, 4.69) is 47.9 Å². The topological polar surface area (TPSA) is 50.3 Å². The van der Waals surface area contributed by atoms with Gasteiger partial charge in [-0.1, -0.05) is 13.8 Å². The second-order valence-electron chi connectivity index (χ2n) is 5.90. The molecular formula is C14H24N4O. The Morgan fingerprint density at radius 2 is 2.11 bits per heavy atom. The fourth-order valence-electron chi connectivity index (χ4n) is 2.21. The Bertz CT molecular complexity index is 445. The molecule has 1 fully saturated rings. The molecule has 1 aromatic rings. The smallest absolute Gasteiger partial charge is 0.135 e. The molecule has 0 atom stereocenters. The van der Waals surface area contributed by atoms with Gasteiger partial charge in [0.25, 0.3) is 0 Å². The minimum atomic E-state index is -0.124. The average molecular weight is 264 g/mol. The van der Waals surface area contributed by atoms with E-state index in [-0.39, 0.29) is 5.60 Å². The number of morpholine rings is 1. The summed E-state index contributed by atoms with van der Waals surface area (Å²) in [5.41, 5.74) is -0.124. The standard InChI is InChI=1S/C14H24N4O/c1-10(2)13-16-11(15-5)8-12(17-13)18-6-7-19-14(3,4)9-18/h8,10H,6-7,9H2,1-5H3,(H,15,16,17). The Kier molecular flexibility index (Phi) is 3.94. The molecule has 0 spiro atoms. The van der Waals surface area contributed by atoms with Gasteiger partial charge >= 0.3 is 0 Å². The fourth-order valence-corrected chi connectivity index (χ4v) is 2.21. The SMILES string of the molecule is CNc1cc(N2CCOC(C)(C)C2)nc(C(C)C)n1. The minimum absolute atomic E-state index is 0.124. The van der Waals surface area contributed by atoms with Crippen molar-refractivity contribution in [2.45, 2.75) is 39.2 Å². The van der Waals surface area contributed by atoms with E-state index in [4.69, 9.17) is 4.74 Å². The number of nitrogens with one attached hydrogen (secondary N) is 1. The van der Waals surface area contributed by atoms with Gasteiger partial charge in [-0.05, 0) is 13.8 Å². The van der Waals surface area contributed by atoms with Crippen molar-refractivity contribution in [2.75, 3.05) is 37.0 Å². The molecule has 0 aliphatic carbocycles. The van der Waals surface area contributed by atoms with Crippen LogP contribution < -0.4 is 10.2 Å². The van der Waals surface area contributed by atoms with Crippen LogP contribution in [0.15, 0.2) is 6.07 Å². The van der Waals surface area contributed by atoms with Gasteiger partial charge in [0.2, 0.25) is 0 Å². The van der Waals surface area contributed by atoms with Crippen LogP contribution in [0.3, 0.4) is 0 Å². The van der Waals surface area contributed by atoms with Gasteiger partial charge in [0, 0.05) is 32.1 Å². The molecule has 0 amide bonds. The lowest BCUT2D eigenvalue weighted by atomic mass is 10.1. The summed E-state index contributed by atoms with van der Waals surface area (Å²) in [6.07, 6.45) is 0. The van der Waals surface area contributed by atoms with Gasteiger partial charge in [-0.25, -0.2) is 9.97 Å². The highest BCUT2D eigenvalue weighted by Gasteiger charge is 2.28. The third-order valence-corrected chi connectivity index (χ3v) is 3.25. The van der Waals surface area contributed by atoms with E-state index in [1.54, 1.807) is 0 Å². The quantitative estimate of drug-likeness (QED) is 0.907. The van der Waals surface area contributed by atoms with Gasteiger partial charge in [-0.3, -0.25) is 0 Å². The molecule has 19 heavy (non-hydrogen) atoms. The molecule has 0 bridgehead atoms. The first-order chi connectivity index (χ1) is 8.91. The lowest BCUT2D eigenvalue weighted by molar-refractivity contribution is -0.0279. The van der Waals surface area contributed by atoms with E-state index in [0.717, 1.165) is 37.2 Å². The second kappa shape index (κ2) is 5.33. The third kappa shape index (κ3) is 3.35. The van der Waals surface area contributed by atoms with Gasteiger partial charge in [0.1, 0.15) is 17.5 Å².